The molecule has 0 radical (unpaired) electrons. The van der Waals surface area contributed by atoms with Crippen molar-refractivity contribution in [1.29, 1.82) is 0 Å². The van der Waals surface area contributed by atoms with Crippen LogP contribution < -0.4 is 15.4 Å². The summed E-state index contributed by atoms with van der Waals surface area (Å²) in [5, 5.41) is 6.28. The molecule has 0 unspecified atom stereocenters. The van der Waals surface area contributed by atoms with E-state index in [0.29, 0.717) is 29.7 Å². The third-order valence-electron chi connectivity index (χ3n) is 3.20. The number of nitrogens with one attached hydrogen (secondary N) is 2. The van der Waals surface area contributed by atoms with E-state index in [2.05, 4.69) is 10.6 Å². The highest BCUT2D eigenvalue weighted by molar-refractivity contribution is 7.80. The predicted octanol–water partition coefficient (Wildman–Crippen LogP) is 3.89. The number of rotatable bonds is 7. The molecule has 136 valence electrons. The van der Waals surface area contributed by atoms with E-state index in [-0.39, 0.29) is 11.0 Å². The van der Waals surface area contributed by atoms with Crippen molar-refractivity contribution < 1.29 is 14.3 Å². The van der Waals surface area contributed by atoms with Gasteiger partial charge in [0.25, 0.3) is 0 Å². The van der Waals surface area contributed by atoms with E-state index >= 15 is 0 Å². The highest BCUT2D eigenvalue weighted by atomic mass is 35.5. The average Bonchev–Trinajstić information content (AvgIpc) is 2.61. The molecular formula is C19H19ClN2O3S. The van der Waals surface area contributed by atoms with Gasteiger partial charge in [0.15, 0.2) is 5.11 Å². The van der Waals surface area contributed by atoms with Crippen molar-refractivity contribution in [1.82, 2.24) is 5.32 Å². The Kier molecular flexibility index (Phi) is 8.08. The van der Waals surface area contributed by atoms with Crippen molar-refractivity contribution in [3.8, 4) is 5.75 Å². The summed E-state index contributed by atoms with van der Waals surface area (Å²) in [7, 11) is 1.61. The monoisotopic (exact) mass is 390 g/mol. The molecule has 2 rings (SSSR count). The lowest BCUT2D eigenvalue weighted by Gasteiger charge is -2.10. The topological polar surface area (TPSA) is 59.6 Å². The van der Waals surface area contributed by atoms with Gasteiger partial charge in [0.1, 0.15) is 12.4 Å². The molecule has 0 aliphatic heterocycles. The van der Waals surface area contributed by atoms with Crippen molar-refractivity contribution in [2.75, 3.05) is 25.6 Å². The molecule has 0 bridgehead atoms. The summed E-state index contributed by atoms with van der Waals surface area (Å²) in [6.07, 6.45) is 3.00. The Labute approximate surface area is 163 Å². The molecule has 0 saturated heterocycles. The van der Waals surface area contributed by atoms with Gasteiger partial charge in [-0.15, -0.1) is 0 Å². The van der Waals surface area contributed by atoms with Gasteiger partial charge < -0.3 is 14.8 Å². The Morgan fingerprint density at radius 2 is 2.00 bits per heavy atom. The molecule has 0 saturated carbocycles. The molecule has 0 fully saturated rings. The molecule has 0 aromatic heterocycles. The lowest BCUT2D eigenvalue weighted by atomic mass is 10.2. The standard InChI is InChI=1S/C19H19ClN2O3S/c1-24-11-12-25-16-7-4-6-15(13-16)21-19(26)22-18(23)10-9-14-5-2-3-8-17(14)20/h2-10,13H,11-12H2,1H3,(H2,21,22,23,26)/b10-9+. The number of hydrogen-bond acceptors (Lipinski definition) is 4. The minimum absolute atomic E-state index is 0.188. The van der Waals surface area contributed by atoms with Gasteiger partial charge in [-0.3, -0.25) is 10.1 Å². The summed E-state index contributed by atoms with van der Waals surface area (Å²) in [5.74, 6) is 0.328. The van der Waals surface area contributed by atoms with Gasteiger partial charge in [-0.2, -0.15) is 0 Å². The Bertz CT molecular complexity index is 796. The summed E-state index contributed by atoms with van der Waals surface area (Å²) >= 11 is 11.2. The minimum atomic E-state index is -0.352. The molecule has 0 atom stereocenters. The Morgan fingerprint density at radius 3 is 2.77 bits per heavy atom. The van der Waals surface area contributed by atoms with Gasteiger partial charge >= 0.3 is 0 Å². The molecule has 0 aliphatic rings. The second-order valence-corrected chi connectivity index (χ2v) is 5.98. The summed E-state index contributed by atoms with van der Waals surface area (Å²) in [4.78, 5) is 12.0. The van der Waals surface area contributed by atoms with Crippen LogP contribution >= 0.6 is 23.8 Å². The van der Waals surface area contributed by atoms with Crippen LogP contribution in [0.25, 0.3) is 6.08 Å². The van der Waals surface area contributed by atoms with Gasteiger partial charge in [-0.1, -0.05) is 35.9 Å². The van der Waals surface area contributed by atoms with Crippen molar-refractivity contribution in [2.24, 2.45) is 0 Å². The second-order valence-electron chi connectivity index (χ2n) is 5.17. The van der Waals surface area contributed by atoms with E-state index in [1.165, 1.54) is 6.08 Å². The van der Waals surface area contributed by atoms with E-state index in [4.69, 9.17) is 33.3 Å². The van der Waals surface area contributed by atoms with Crippen LogP contribution in [0.15, 0.2) is 54.6 Å². The first-order valence-corrected chi connectivity index (χ1v) is 8.63. The van der Waals surface area contributed by atoms with Crippen LogP contribution in [-0.4, -0.2) is 31.3 Å². The van der Waals surface area contributed by atoms with Crippen LogP contribution in [0.5, 0.6) is 5.75 Å². The number of ether oxygens (including phenoxy) is 2. The van der Waals surface area contributed by atoms with Gasteiger partial charge in [0.2, 0.25) is 5.91 Å². The normalized spacial score (nSPS) is 10.5. The summed E-state index contributed by atoms with van der Waals surface area (Å²) < 4.78 is 10.5. The SMILES string of the molecule is COCCOc1cccc(NC(=S)NC(=O)/C=C/c2ccccc2Cl)c1. The number of thiocarbonyl (C=S) groups is 1. The quantitative estimate of drug-likeness (QED) is 0.426. The average molecular weight is 391 g/mol. The molecule has 2 aromatic carbocycles. The Balaban J connectivity index is 1.87. The fourth-order valence-corrected chi connectivity index (χ4v) is 2.42. The Morgan fingerprint density at radius 1 is 1.19 bits per heavy atom. The first-order chi connectivity index (χ1) is 12.6. The maximum atomic E-state index is 12.0. The van der Waals surface area contributed by atoms with Crippen LogP contribution in [-0.2, 0) is 9.53 Å². The van der Waals surface area contributed by atoms with Gasteiger partial charge in [0.05, 0.1) is 6.61 Å². The van der Waals surface area contributed by atoms with E-state index in [9.17, 15) is 4.79 Å². The highest BCUT2D eigenvalue weighted by Crippen LogP contribution is 2.17. The zero-order valence-electron chi connectivity index (χ0n) is 14.2. The number of hydrogen-bond donors (Lipinski definition) is 2. The van der Waals surface area contributed by atoms with Crippen molar-refractivity contribution >= 4 is 46.6 Å². The number of amides is 1. The molecule has 7 heteroatoms. The predicted molar refractivity (Wildman–Crippen MR) is 109 cm³/mol. The first-order valence-electron chi connectivity index (χ1n) is 7.85. The van der Waals surface area contributed by atoms with Crippen molar-refractivity contribution in [3.63, 3.8) is 0 Å². The van der Waals surface area contributed by atoms with Gasteiger partial charge in [-0.05, 0) is 42.1 Å². The number of carbonyl (C=O) groups excluding carboxylic acids is 1. The molecule has 1 amide bonds. The van der Waals surface area contributed by atoms with E-state index in [1.807, 2.05) is 36.4 Å². The van der Waals surface area contributed by atoms with Crippen LogP contribution in [0, 0.1) is 0 Å². The molecule has 2 N–H and O–H groups in total. The fourth-order valence-electron chi connectivity index (χ4n) is 2.00. The maximum absolute atomic E-state index is 12.0. The van der Waals surface area contributed by atoms with Crippen LogP contribution in [0.3, 0.4) is 0 Å². The first kappa shape index (κ1) is 19.9. The molecule has 2 aromatic rings. The number of carbonyl (C=O) groups is 1. The summed E-state index contributed by atoms with van der Waals surface area (Å²) in [5.41, 5.74) is 1.46. The van der Waals surface area contributed by atoms with Gasteiger partial charge in [0, 0.05) is 30.0 Å². The number of benzene rings is 2. The van der Waals surface area contributed by atoms with Crippen molar-refractivity contribution in [3.05, 3.63) is 65.2 Å². The van der Waals surface area contributed by atoms with E-state index in [1.54, 1.807) is 25.3 Å². The number of anilines is 1. The smallest absolute Gasteiger partial charge is 0.250 e. The zero-order chi connectivity index (χ0) is 18.8. The molecule has 5 nitrogen and oxygen atoms in total. The fraction of sp³-hybridized carbons (Fsp3) is 0.158. The third-order valence-corrected chi connectivity index (χ3v) is 3.75. The summed E-state index contributed by atoms with van der Waals surface area (Å²) in [6, 6.07) is 14.5. The number of halogens is 1. The van der Waals surface area contributed by atoms with Crippen LogP contribution in [0.4, 0.5) is 5.69 Å². The maximum Gasteiger partial charge on any atom is 0.250 e. The lowest BCUT2D eigenvalue weighted by molar-refractivity contribution is -0.115. The molecule has 0 heterocycles. The van der Waals surface area contributed by atoms with E-state index in [0.717, 1.165) is 5.56 Å². The van der Waals surface area contributed by atoms with Crippen LogP contribution in [0.1, 0.15) is 5.56 Å². The summed E-state index contributed by atoms with van der Waals surface area (Å²) in [6.45, 7) is 0.956. The highest BCUT2D eigenvalue weighted by Gasteiger charge is 2.03. The third kappa shape index (κ3) is 6.84. The molecule has 26 heavy (non-hydrogen) atoms. The minimum Gasteiger partial charge on any atom is -0.491 e. The van der Waals surface area contributed by atoms with Crippen LogP contribution in [0.2, 0.25) is 5.02 Å². The Hall–Kier alpha value is -2.41. The molecule has 0 spiro atoms. The largest absolute Gasteiger partial charge is 0.491 e. The lowest BCUT2D eigenvalue weighted by Crippen LogP contribution is -2.32. The van der Waals surface area contributed by atoms with Gasteiger partial charge in [-0.25, -0.2) is 0 Å². The second kappa shape index (κ2) is 10.6. The number of methoxy groups -OCH3 is 1. The zero-order valence-corrected chi connectivity index (χ0v) is 15.8. The molecular weight excluding hydrogens is 372 g/mol. The van der Waals surface area contributed by atoms with Crippen molar-refractivity contribution in [2.45, 2.75) is 0 Å². The molecule has 0 aliphatic carbocycles. The van der Waals surface area contributed by atoms with E-state index < -0.39 is 0 Å².